The molecule has 4 rings (SSSR count). The summed E-state index contributed by atoms with van der Waals surface area (Å²) >= 11 is 0. The van der Waals surface area contributed by atoms with Crippen molar-refractivity contribution < 1.29 is 13.2 Å². The maximum Gasteiger partial charge on any atom is 0.162 e. The van der Waals surface area contributed by atoms with Gasteiger partial charge in [0, 0.05) is 5.92 Å². The SMILES string of the molecule is CCCC1CCC(c2ccc(C3CCC(CCC4CCC(C)C=C4F)CC3)c(F)c2F)CC1. The Balaban J connectivity index is 1.30. The molecule has 0 saturated heterocycles. The van der Waals surface area contributed by atoms with E-state index in [1.165, 1.54) is 12.8 Å². The molecule has 0 N–H and O–H groups in total. The Morgan fingerprint density at radius 1 is 0.667 bits per heavy atom. The zero-order valence-electron chi connectivity index (χ0n) is 20.7. The molecular formula is C30H43F3. The standard InChI is InChI=1S/C30H43F3/c1-3-4-21-6-12-23(13-7-21)26-17-18-27(30(33)29(26)32)24-14-8-22(9-15-24)10-16-25-11-5-20(2)19-28(25)31/h17-25H,3-16H2,1-2H3. The van der Waals surface area contributed by atoms with Crippen LogP contribution in [0.25, 0.3) is 0 Å². The molecule has 0 amide bonds. The van der Waals surface area contributed by atoms with Gasteiger partial charge in [-0.1, -0.05) is 38.8 Å². The van der Waals surface area contributed by atoms with Gasteiger partial charge in [-0.15, -0.1) is 0 Å². The Kier molecular flexibility index (Phi) is 8.63. The Hall–Kier alpha value is -1.25. The highest BCUT2D eigenvalue weighted by atomic mass is 19.2. The van der Waals surface area contributed by atoms with Crippen LogP contribution in [0.4, 0.5) is 13.2 Å². The number of benzene rings is 1. The van der Waals surface area contributed by atoms with Gasteiger partial charge in [0.1, 0.15) is 0 Å². The van der Waals surface area contributed by atoms with Gasteiger partial charge in [-0.3, -0.25) is 0 Å². The first-order valence-electron chi connectivity index (χ1n) is 13.8. The lowest BCUT2D eigenvalue weighted by atomic mass is 9.74. The van der Waals surface area contributed by atoms with E-state index in [2.05, 4.69) is 13.8 Å². The van der Waals surface area contributed by atoms with Crippen LogP contribution < -0.4 is 0 Å². The molecule has 2 saturated carbocycles. The predicted octanol–water partition coefficient (Wildman–Crippen LogP) is 9.99. The van der Waals surface area contributed by atoms with Crippen LogP contribution in [0.15, 0.2) is 24.0 Å². The van der Waals surface area contributed by atoms with Gasteiger partial charge in [0.05, 0.1) is 5.83 Å². The smallest absolute Gasteiger partial charge is 0.162 e. The first-order chi connectivity index (χ1) is 16.0. The molecule has 184 valence electrons. The van der Waals surface area contributed by atoms with Crippen LogP contribution in [0.5, 0.6) is 0 Å². The quantitative estimate of drug-likeness (QED) is 0.380. The lowest BCUT2D eigenvalue weighted by molar-refractivity contribution is 0.268. The molecule has 2 atom stereocenters. The van der Waals surface area contributed by atoms with Crippen LogP contribution in [-0.2, 0) is 0 Å². The maximum atomic E-state index is 15.1. The van der Waals surface area contributed by atoms with Crippen molar-refractivity contribution in [2.45, 2.75) is 116 Å². The van der Waals surface area contributed by atoms with E-state index >= 15 is 8.78 Å². The van der Waals surface area contributed by atoms with Gasteiger partial charge >= 0.3 is 0 Å². The van der Waals surface area contributed by atoms with E-state index in [0.29, 0.717) is 23.0 Å². The second-order valence-electron chi connectivity index (χ2n) is 11.5. The van der Waals surface area contributed by atoms with E-state index < -0.39 is 11.6 Å². The van der Waals surface area contributed by atoms with E-state index in [1.807, 2.05) is 18.2 Å². The number of hydrogen-bond donors (Lipinski definition) is 0. The summed E-state index contributed by atoms with van der Waals surface area (Å²) in [4.78, 5) is 0. The minimum atomic E-state index is -0.588. The lowest BCUT2D eigenvalue weighted by Gasteiger charge is -2.32. The minimum Gasteiger partial charge on any atom is -0.212 e. The molecule has 2 unspecified atom stereocenters. The van der Waals surface area contributed by atoms with Crippen LogP contribution in [0.3, 0.4) is 0 Å². The third kappa shape index (κ3) is 6.06. The molecule has 0 aliphatic heterocycles. The Labute approximate surface area is 199 Å². The fourth-order valence-corrected chi connectivity index (χ4v) is 6.95. The first kappa shape index (κ1) is 24.9. The average molecular weight is 461 g/mol. The van der Waals surface area contributed by atoms with Crippen LogP contribution >= 0.6 is 0 Å². The summed E-state index contributed by atoms with van der Waals surface area (Å²) in [6, 6.07) is 3.78. The van der Waals surface area contributed by atoms with Crippen molar-refractivity contribution in [1.29, 1.82) is 0 Å². The minimum absolute atomic E-state index is 0.0962. The molecule has 0 bridgehead atoms. The molecule has 0 aromatic heterocycles. The summed E-state index contributed by atoms with van der Waals surface area (Å²) in [5.74, 6) is 1.06. The van der Waals surface area contributed by atoms with Gasteiger partial charge in [-0.25, -0.2) is 13.2 Å². The molecule has 3 aliphatic carbocycles. The van der Waals surface area contributed by atoms with Crippen molar-refractivity contribution in [3.8, 4) is 0 Å². The topological polar surface area (TPSA) is 0 Å². The molecule has 0 radical (unpaired) electrons. The highest BCUT2D eigenvalue weighted by molar-refractivity contribution is 5.32. The van der Waals surface area contributed by atoms with E-state index in [0.717, 1.165) is 83.0 Å². The van der Waals surface area contributed by atoms with Gasteiger partial charge in [0.2, 0.25) is 0 Å². The fraction of sp³-hybridized carbons (Fsp3) is 0.733. The summed E-state index contributed by atoms with van der Waals surface area (Å²) < 4.78 is 44.5. The van der Waals surface area contributed by atoms with Crippen LogP contribution in [-0.4, -0.2) is 0 Å². The zero-order chi connectivity index (χ0) is 23.4. The molecule has 33 heavy (non-hydrogen) atoms. The van der Waals surface area contributed by atoms with Gasteiger partial charge in [0.25, 0.3) is 0 Å². The molecule has 1 aromatic rings. The highest BCUT2D eigenvalue weighted by Gasteiger charge is 2.30. The monoisotopic (exact) mass is 460 g/mol. The van der Waals surface area contributed by atoms with E-state index in [4.69, 9.17) is 0 Å². The Morgan fingerprint density at radius 3 is 1.67 bits per heavy atom. The van der Waals surface area contributed by atoms with Crippen LogP contribution in [0.1, 0.15) is 127 Å². The summed E-state index contributed by atoms with van der Waals surface area (Å²) in [5, 5.41) is 0. The lowest BCUT2D eigenvalue weighted by Crippen LogP contribution is -2.18. The van der Waals surface area contributed by atoms with Crippen LogP contribution in [0.2, 0.25) is 0 Å². The summed E-state index contributed by atoms with van der Waals surface area (Å²) in [6.07, 6.45) is 16.5. The van der Waals surface area contributed by atoms with E-state index in [1.54, 1.807) is 0 Å². The van der Waals surface area contributed by atoms with Gasteiger partial charge in [-0.2, -0.15) is 0 Å². The fourth-order valence-electron chi connectivity index (χ4n) is 6.95. The molecule has 0 nitrogen and oxygen atoms in total. The number of allylic oxidation sites excluding steroid dienone is 2. The molecule has 3 aliphatic rings. The van der Waals surface area contributed by atoms with Gasteiger partial charge in [0.15, 0.2) is 11.6 Å². The van der Waals surface area contributed by atoms with Crippen LogP contribution in [0, 0.1) is 35.3 Å². The van der Waals surface area contributed by atoms with Gasteiger partial charge in [-0.05, 0) is 124 Å². The second kappa shape index (κ2) is 11.5. The Morgan fingerprint density at radius 2 is 1.18 bits per heavy atom. The molecule has 3 heteroatoms. The summed E-state index contributed by atoms with van der Waals surface area (Å²) in [6.45, 7) is 4.31. The zero-order valence-corrected chi connectivity index (χ0v) is 20.7. The van der Waals surface area contributed by atoms with Crippen molar-refractivity contribution in [1.82, 2.24) is 0 Å². The number of hydrogen-bond acceptors (Lipinski definition) is 0. The normalized spacial score (nSPS) is 33.1. The highest BCUT2D eigenvalue weighted by Crippen LogP contribution is 2.43. The maximum absolute atomic E-state index is 15.1. The molecule has 0 spiro atoms. The summed E-state index contributed by atoms with van der Waals surface area (Å²) in [7, 11) is 0. The van der Waals surface area contributed by atoms with Crippen molar-refractivity contribution in [3.63, 3.8) is 0 Å². The number of rotatable bonds is 7. The van der Waals surface area contributed by atoms with Gasteiger partial charge < -0.3 is 0 Å². The van der Waals surface area contributed by atoms with Crippen molar-refractivity contribution >= 4 is 0 Å². The Bertz CT molecular complexity index is 797. The largest absolute Gasteiger partial charge is 0.212 e. The third-order valence-corrected chi connectivity index (χ3v) is 9.14. The van der Waals surface area contributed by atoms with Crippen molar-refractivity contribution in [2.24, 2.45) is 23.7 Å². The average Bonchev–Trinajstić information content (AvgIpc) is 2.82. The molecule has 1 aromatic carbocycles. The number of halogens is 3. The summed E-state index contributed by atoms with van der Waals surface area (Å²) in [5.41, 5.74) is 1.20. The molecular weight excluding hydrogens is 417 g/mol. The first-order valence-corrected chi connectivity index (χ1v) is 13.8. The van der Waals surface area contributed by atoms with Crippen molar-refractivity contribution in [3.05, 3.63) is 46.8 Å². The van der Waals surface area contributed by atoms with Crippen molar-refractivity contribution in [2.75, 3.05) is 0 Å². The third-order valence-electron chi connectivity index (χ3n) is 9.14. The molecule has 0 heterocycles. The second-order valence-corrected chi connectivity index (χ2v) is 11.5. The van der Waals surface area contributed by atoms with E-state index in [-0.39, 0.29) is 23.6 Å². The van der Waals surface area contributed by atoms with E-state index in [9.17, 15) is 4.39 Å². The predicted molar refractivity (Wildman–Crippen MR) is 131 cm³/mol. The molecule has 2 fully saturated rings.